The second-order valence-electron chi connectivity index (χ2n) is 5.80. The van der Waals surface area contributed by atoms with Crippen molar-refractivity contribution < 1.29 is 14.3 Å². The van der Waals surface area contributed by atoms with Gasteiger partial charge < -0.3 is 14.8 Å². The van der Waals surface area contributed by atoms with Gasteiger partial charge in [0.05, 0.1) is 24.3 Å². The molecule has 24 heavy (non-hydrogen) atoms. The first-order chi connectivity index (χ1) is 11.7. The van der Waals surface area contributed by atoms with Gasteiger partial charge in [0.25, 0.3) is 0 Å². The van der Waals surface area contributed by atoms with E-state index >= 15 is 0 Å². The summed E-state index contributed by atoms with van der Waals surface area (Å²) in [5, 5.41) is 12.2. The lowest BCUT2D eigenvalue weighted by Crippen LogP contribution is -2.06. The van der Waals surface area contributed by atoms with Gasteiger partial charge in [-0.1, -0.05) is 0 Å². The average Bonchev–Trinajstić information content (AvgIpc) is 3.44. The van der Waals surface area contributed by atoms with Crippen molar-refractivity contribution in [3.63, 3.8) is 0 Å². The van der Waals surface area contributed by atoms with Crippen LogP contribution in [0.15, 0.2) is 42.5 Å². The Morgan fingerprint density at radius 3 is 2.58 bits per heavy atom. The number of ether oxygens (including phenoxy) is 2. The van der Waals surface area contributed by atoms with Crippen LogP contribution in [0.3, 0.4) is 0 Å². The minimum Gasteiger partial charge on any atom is -0.465 e. The first-order valence-corrected chi connectivity index (χ1v) is 7.83. The lowest BCUT2D eigenvalue weighted by atomic mass is 10.1. The van der Waals surface area contributed by atoms with Gasteiger partial charge in [0.1, 0.15) is 11.5 Å². The highest BCUT2D eigenvalue weighted by Gasteiger charge is 2.21. The van der Waals surface area contributed by atoms with E-state index in [-0.39, 0.29) is 0 Å². The van der Waals surface area contributed by atoms with Gasteiger partial charge in [-0.3, -0.25) is 0 Å². The molecule has 2 aromatic carbocycles. The molecule has 1 saturated carbocycles. The molecule has 5 heteroatoms. The number of rotatable bonds is 6. The van der Waals surface area contributed by atoms with Gasteiger partial charge in [0.2, 0.25) is 0 Å². The van der Waals surface area contributed by atoms with Gasteiger partial charge in [-0.2, -0.15) is 5.26 Å². The molecule has 0 saturated heterocycles. The Hall–Kier alpha value is -3.00. The lowest BCUT2D eigenvalue weighted by Gasteiger charge is -2.12. The molecule has 0 unspecified atom stereocenters. The topological polar surface area (TPSA) is 71.3 Å². The van der Waals surface area contributed by atoms with Crippen molar-refractivity contribution in [2.45, 2.75) is 12.8 Å². The minimum absolute atomic E-state index is 0.408. The van der Waals surface area contributed by atoms with Crippen molar-refractivity contribution in [1.82, 2.24) is 0 Å². The van der Waals surface area contributed by atoms with E-state index in [2.05, 4.69) is 11.4 Å². The van der Waals surface area contributed by atoms with Gasteiger partial charge in [-0.25, -0.2) is 4.79 Å². The van der Waals surface area contributed by atoms with Crippen molar-refractivity contribution in [2.75, 3.05) is 19.0 Å². The summed E-state index contributed by atoms with van der Waals surface area (Å²) >= 11 is 0. The number of anilines is 1. The van der Waals surface area contributed by atoms with E-state index in [9.17, 15) is 4.79 Å². The third-order valence-corrected chi connectivity index (χ3v) is 3.84. The van der Waals surface area contributed by atoms with Crippen LogP contribution in [0.5, 0.6) is 11.5 Å². The minimum atomic E-state index is -0.408. The van der Waals surface area contributed by atoms with Crippen LogP contribution in [-0.2, 0) is 4.74 Å². The number of carbonyl (C=O) groups excluding carboxylic acids is 1. The van der Waals surface area contributed by atoms with Crippen molar-refractivity contribution in [3.8, 4) is 17.6 Å². The van der Waals surface area contributed by atoms with E-state index in [1.165, 1.54) is 20.0 Å². The molecule has 0 aliphatic heterocycles. The molecule has 0 spiro atoms. The summed E-state index contributed by atoms with van der Waals surface area (Å²) in [6.45, 7) is 0.890. The lowest BCUT2D eigenvalue weighted by molar-refractivity contribution is 0.0600. The van der Waals surface area contributed by atoms with Crippen LogP contribution in [0.25, 0.3) is 0 Å². The molecule has 0 heterocycles. The predicted octanol–water partition coefficient (Wildman–Crippen LogP) is 3.96. The number of hydrogen-bond acceptors (Lipinski definition) is 5. The molecule has 0 radical (unpaired) electrons. The summed E-state index contributed by atoms with van der Waals surface area (Å²) in [5.41, 5.74) is 1.83. The van der Waals surface area contributed by atoms with Crippen LogP contribution >= 0.6 is 0 Å². The van der Waals surface area contributed by atoms with E-state index in [0.29, 0.717) is 22.6 Å². The molecule has 1 aliphatic rings. The molecule has 0 amide bonds. The maximum atomic E-state index is 11.9. The molecular weight excluding hydrogens is 304 g/mol. The summed E-state index contributed by atoms with van der Waals surface area (Å²) in [6.07, 6.45) is 2.50. The zero-order valence-corrected chi connectivity index (χ0v) is 13.4. The van der Waals surface area contributed by atoms with E-state index in [4.69, 9.17) is 14.7 Å². The van der Waals surface area contributed by atoms with Gasteiger partial charge in [0.15, 0.2) is 0 Å². The zero-order valence-electron chi connectivity index (χ0n) is 13.4. The van der Waals surface area contributed by atoms with Crippen LogP contribution in [0.2, 0.25) is 0 Å². The maximum absolute atomic E-state index is 11.9. The number of carbonyl (C=O) groups is 1. The fraction of sp³-hybridized carbons (Fsp3) is 0.263. The van der Waals surface area contributed by atoms with Crippen LogP contribution in [0.4, 0.5) is 5.69 Å². The Morgan fingerprint density at radius 1 is 1.21 bits per heavy atom. The molecule has 1 aliphatic carbocycles. The molecule has 2 aromatic rings. The Labute approximate surface area is 140 Å². The second kappa shape index (κ2) is 7.05. The number of nitrogens with one attached hydrogen (secondary N) is 1. The molecule has 0 aromatic heterocycles. The Morgan fingerprint density at radius 2 is 1.96 bits per heavy atom. The number of esters is 1. The zero-order chi connectivity index (χ0) is 16.9. The molecule has 1 fully saturated rings. The number of nitrogens with zero attached hydrogens (tertiary/aromatic N) is 1. The second-order valence-corrected chi connectivity index (χ2v) is 5.80. The molecule has 0 atom stereocenters. The largest absolute Gasteiger partial charge is 0.465 e. The highest BCUT2D eigenvalue weighted by atomic mass is 16.5. The molecule has 0 bridgehead atoms. The van der Waals surface area contributed by atoms with E-state index in [1.54, 1.807) is 36.4 Å². The SMILES string of the molecule is COC(=O)c1cc(NCC2CC2)cc(Oc2ccc(C#N)cc2)c1. The third kappa shape index (κ3) is 4.05. The fourth-order valence-corrected chi connectivity index (χ4v) is 2.31. The first kappa shape index (κ1) is 15.9. The number of benzene rings is 2. The van der Waals surface area contributed by atoms with Crippen LogP contribution in [0.1, 0.15) is 28.8 Å². The smallest absolute Gasteiger partial charge is 0.338 e. The number of hydrogen-bond donors (Lipinski definition) is 1. The van der Waals surface area contributed by atoms with E-state index in [1.807, 2.05) is 6.07 Å². The van der Waals surface area contributed by atoms with E-state index < -0.39 is 5.97 Å². The van der Waals surface area contributed by atoms with Gasteiger partial charge >= 0.3 is 5.97 Å². The molecule has 122 valence electrons. The van der Waals surface area contributed by atoms with Crippen molar-refractivity contribution in [3.05, 3.63) is 53.6 Å². The van der Waals surface area contributed by atoms with Crippen molar-refractivity contribution >= 4 is 11.7 Å². The Balaban J connectivity index is 1.82. The van der Waals surface area contributed by atoms with Crippen LogP contribution in [-0.4, -0.2) is 19.6 Å². The summed E-state index contributed by atoms with van der Waals surface area (Å²) in [6, 6.07) is 14.1. The van der Waals surface area contributed by atoms with Crippen LogP contribution < -0.4 is 10.1 Å². The standard InChI is InChI=1S/C19H18N2O3/c1-23-19(22)15-8-16(21-12-14-2-3-14)10-18(9-15)24-17-6-4-13(11-20)5-7-17/h4-10,14,21H,2-3,12H2,1H3. The molecular formula is C19H18N2O3. The monoisotopic (exact) mass is 322 g/mol. The fourth-order valence-electron chi connectivity index (χ4n) is 2.31. The maximum Gasteiger partial charge on any atom is 0.338 e. The predicted molar refractivity (Wildman–Crippen MR) is 90.2 cm³/mol. The molecule has 1 N–H and O–H groups in total. The summed E-state index contributed by atoms with van der Waals surface area (Å²) in [7, 11) is 1.35. The van der Waals surface area contributed by atoms with Crippen molar-refractivity contribution in [1.29, 1.82) is 5.26 Å². The molecule has 5 nitrogen and oxygen atoms in total. The van der Waals surface area contributed by atoms with Gasteiger partial charge in [0, 0.05) is 18.3 Å². The highest BCUT2D eigenvalue weighted by Crippen LogP contribution is 2.31. The number of nitriles is 1. The Kier molecular flexibility index (Phi) is 4.66. The number of methoxy groups -OCH3 is 1. The quantitative estimate of drug-likeness (QED) is 0.815. The Bertz CT molecular complexity index is 774. The normalized spacial score (nSPS) is 13.0. The van der Waals surface area contributed by atoms with E-state index in [0.717, 1.165) is 18.2 Å². The van der Waals surface area contributed by atoms with Gasteiger partial charge in [-0.15, -0.1) is 0 Å². The third-order valence-electron chi connectivity index (χ3n) is 3.84. The summed E-state index contributed by atoms with van der Waals surface area (Å²) < 4.78 is 10.6. The first-order valence-electron chi connectivity index (χ1n) is 7.83. The molecule has 3 rings (SSSR count). The van der Waals surface area contributed by atoms with Crippen LogP contribution in [0, 0.1) is 17.2 Å². The highest BCUT2D eigenvalue weighted by molar-refractivity contribution is 5.91. The average molecular weight is 322 g/mol. The summed E-state index contributed by atoms with van der Waals surface area (Å²) in [5.74, 6) is 1.45. The van der Waals surface area contributed by atoms with Crippen molar-refractivity contribution in [2.24, 2.45) is 5.92 Å². The van der Waals surface area contributed by atoms with Gasteiger partial charge in [-0.05, 0) is 55.2 Å². The summed E-state index contributed by atoms with van der Waals surface area (Å²) in [4.78, 5) is 11.9.